The van der Waals surface area contributed by atoms with Crippen molar-refractivity contribution < 1.29 is 9.59 Å². The van der Waals surface area contributed by atoms with Crippen molar-refractivity contribution in [3.63, 3.8) is 0 Å². The van der Waals surface area contributed by atoms with Crippen molar-refractivity contribution in [3.05, 3.63) is 0 Å². The van der Waals surface area contributed by atoms with Crippen LogP contribution in [0.4, 0.5) is 4.79 Å². The predicted octanol–water partition coefficient (Wildman–Crippen LogP) is 0.0802. The number of halogens is 1. The summed E-state index contributed by atoms with van der Waals surface area (Å²) in [6, 6.07) is 0.373. The molecule has 19 heavy (non-hydrogen) atoms. The fraction of sp³-hybridized carbons (Fsp3) is 0.833. The molecule has 1 saturated carbocycles. The molecule has 1 aliphatic carbocycles. The van der Waals surface area contributed by atoms with Crippen LogP contribution in [0.2, 0.25) is 0 Å². The molecule has 2 aliphatic rings. The molecular weight excluding hydrogens is 268 g/mol. The van der Waals surface area contributed by atoms with Gasteiger partial charge in [-0.25, -0.2) is 4.79 Å². The zero-order valence-electron chi connectivity index (χ0n) is 11.3. The van der Waals surface area contributed by atoms with Crippen LogP contribution in [0.5, 0.6) is 0 Å². The van der Waals surface area contributed by atoms with Crippen LogP contribution in [0.15, 0.2) is 0 Å². The van der Waals surface area contributed by atoms with Crippen LogP contribution in [0, 0.1) is 0 Å². The summed E-state index contributed by atoms with van der Waals surface area (Å²) < 4.78 is 0. The molecule has 0 aromatic carbocycles. The Hall–Kier alpha value is -0.850. The highest BCUT2D eigenvalue weighted by molar-refractivity contribution is 5.95. The van der Waals surface area contributed by atoms with Crippen LogP contribution in [0.3, 0.4) is 0 Å². The number of nitrogens with zero attached hydrogens (tertiary/aromatic N) is 1. The fourth-order valence-electron chi connectivity index (χ4n) is 2.25. The van der Waals surface area contributed by atoms with E-state index in [9.17, 15) is 9.59 Å². The van der Waals surface area contributed by atoms with Gasteiger partial charge in [-0.3, -0.25) is 15.0 Å². The lowest BCUT2D eigenvalue weighted by Crippen LogP contribution is -2.50. The first-order chi connectivity index (χ1) is 8.67. The molecule has 0 bridgehead atoms. The molecule has 0 radical (unpaired) electrons. The van der Waals surface area contributed by atoms with Crippen LogP contribution in [0.25, 0.3) is 0 Å². The molecule has 0 aromatic rings. The standard InChI is InChI=1S/C12H22N4O2.ClH/c1-13-10-3-2-6-16(7-10)8-11(17)15-12(18)14-9-4-5-9;/h9-10,13H,2-8H2,1H3,(H2,14,15,17,18);1H. The van der Waals surface area contributed by atoms with E-state index in [1.165, 1.54) is 0 Å². The Morgan fingerprint density at radius 1 is 1.21 bits per heavy atom. The van der Waals surface area contributed by atoms with Gasteiger partial charge in [0.15, 0.2) is 0 Å². The van der Waals surface area contributed by atoms with Crippen molar-refractivity contribution in [1.29, 1.82) is 0 Å². The van der Waals surface area contributed by atoms with Gasteiger partial charge in [-0.15, -0.1) is 12.4 Å². The normalized spacial score (nSPS) is 23.3. The molecule has 7 heteroatoms. The number of likely N-dealkylation sites (tertiary alicyclic amines) is 1. The van der Waals surface area contributed by atoms with E-state index in [0.29, 0.717) is 12.6 Å². The number of likely N-dealkylation sites (N-methyl/N-ethyl adjacent to an activating group) is 1. The number of carbonyl (C=O) groups is 2. The van der Waals surface area contributed by atoms with E-state index >= 15 is 0 Å². The minimum atomic E-state index is -0.357. The number of rotatable bonds is 4. The second-order valence-corrected chi connectivity index (χ2v) is 5.16. The molecule has 3 N–H and O–H groups in total. The van der Waals surface area contributed by atoms with Crippen molar-refractivity contribution >= 4 is 24.3 Å². The molecule has 2 rings (SSSR count). The molecule has 0 spiro atoms. The Bertz CT molecular complexity index is 323. The maximum absolute atomic E-state index is 11.7. The Labute approximate surface area is 120 Å². The first-order valence-electron chi connectivity index (χ1n) is 6.67. The molecule has 0 aromatic heterocycles. The number of carbonyl (C=O) groups excluding carboxylic acids is 2. The van der Waals surface area contributed by atoms with Gasteiger partial charge in [-0.2, -0.15) is 0 Å². The summed E-state index contributed by atoms with van der Waals surface area (Å²) >= 11 is 0. The lowest BCUT2D eigenvalue weighted by atomic mass is 10.1. The summed E-state index contributed by atoms with van der Waals surface area (Å²) in [5, 5.41) is 8.35. The predicted molar refractivity (Wildman–Crippen MR) is 75.5 cm³/mol. The van der Waals surface area contributed by atoms with Crippen LogP contribution in [-0.2, 0) is 4.79 Å². The Kier molecular flexibility index (Phi) is 6.54. The Balaban J connectivity index is 0.00000180. The topological polar surface area (TPSA) is 73.5 Å². The van der Waals surface area contributed by atoms with Gasteiger partial charge in [-0.05, 0) is 39.3 Å². The molecule has 6 nitrogen and oxygen atoms in total. The van der Waals surface area contributed by atoms with Crippen molar-refractivity contribution in [1.82, 2.24) is 20.9 Å². The maximum Gasteiger partial charge on any atom is 0.321 e. The van der Waals surface area contributed by atoms with E-state index in [1.54, 1.807) is 0 Å². The molecule has 2 fully saturated rings. The van der Waals surface area contributed by atoms with Gasteiger partial charge < -0.3 is 10.6 Å². The maximum atomic E-state index is 11.7. The van der Waals surface area contributed by atoms with Crippen LogP contribution in [0.1, 0.15) is 25.7 Å². The third-order valence-electron chi connectivity index (χ3n) is 3.45. The second kappa shape index (κ2) is 7.67. The largest absolute Gasteiger partial charge is 0.335 e. The molecular formula is C12H23ClN4O2. The summed E-state index contributed by atoms with van der Waals surface area (Å²) in [5.74, 6) is -0.218. The SMILES string of the molecule is CNC1CCCN(CC(=O)NC(=O)NC2CC2)C1.Cl. The van der Waals surface area contributed by atoms with Crippen LogP contribution < -0.4 is 16.0 Å². The summed E-state index contributed by atoms with van der Waals surface area (Å²) in [5.41, 5.74) is 0. The van der Waals surface area contributed by atoms with Crippen molar-refractivity contribution in [2.24, 2.45) is 0 Å². The molecule has 1 saturated heterocycles. The van der Waals surface area contributed by atoms with Crippen LogP contribution >= 0.6 is 12.4 Å². The number of urea groups is 1. The van der Waals surface area contributed by atoms with Crippen molar-refractivity contribution in [3.8, 4) is 0 Å². The van der Waals surface area contributed by atoms with Gasteiger partial charge in [0.1, 0.15) is 0 Å². The molecule has 110 valence electrons. The lowest BCUT2D eigenvalue weighted by Gasteiger charge is -2.31. The quantitative estimate of drug-likeness (QED) is 0.686. The van der Waals surface area contributed by atoms with Gasteiger partial charge in [0, 0.05) is 18.6 Å². The molecule has 1 aliphatic heterocycles. The number of nitrogens with one attached hydrogen (secondary N) is 3. The van der Waals surface area contributed by atoms with Gasteiger partial charge in [0.25, 0.3) is 0 Å². The average molecular weight is 291 g/mol. The van der Waals surface area contributed by atoms with Gasteiger partial charge >= 0.3 is 6.03 Å². The summed E-state index contributed by atoms with van der Waals surface area (Å²) in [7, 11) is 1.94. The number of amides is 3. The summed E-state index contributed by atoms with van der Waals surface area (Å²) in [6.07, 6.45) is 4.29. The minimum absolute atomic E-state index is 0. The third-order valence-corrected chi connectivity index (χ3v) is 3.45. The number of hydrogen-bond acceptors (Lipinski definition) is 4. The summed E-state index contributed by atoms with van der Waals surface area (Å²) in [6.45, 7) is 2.10. The smallest absolute Gasteiger partial charge is 0.321 e. The Morgan fingerprint density at radius 2 is 1.95 bits per heavy atom. The molecule has 1 heterocycles. The monoisotopic (exact) mass is 290 g/mol. The zero-order valence-corrected chi connectivity index (χ0v) is 12.1. The number of imide groups is 1. The lowest BCUT2D eigenvalue weighted by molar-refractivity contribution is -0.121. The minimum Gasteiger partial charge on any atom is -0.335 e. The molecule has 3 amide bonds. The second-order valence-electron chi connectivity index (χ2n) is 5.16. The van der Waals surface area contributed by atoms with Gasteiger partial charge in [0.05, 0.1) is 6.54 Å². The summed E-state index contributed by atoms with van der Waals surface area (Å²) in [4.78, 5) is 25.2. The highest BCUT2D eigenvalue weighted by Gasteiger charge is 2.25. The first kappa shape index (κ1) is 16.2. The van der Waals surface area contributed by atoms with E-state index in [-0.39, 0.29) is 30.4 Å². The molecule has 1 unspecified atom stereocenters. The van der Waals surface area contributed by atoms with Crippen LogP contribution in [-0.4, -0.2) is 55.6 Å². The first-order valence-corrected chi connectivity index (χ1v) is 6.67. The van der Waals surface area contributed by atoms with Crippen molar-refractivity contribution in [2.45, 2.75) is 37.8 Å². The third kappa shape index (κ3) is 5.76. The number of piperidine rings is 1. The van der Waals surface area contributed by atoms with E-state index < -0.39 is 0 Å². The van der Waals surface area contributed by atoms with Gasteiger partial charge in [0.2, 0.25) is 5.91 Å². The highest BCUT2D eigenvalue weighted by atomic mass is 35.5. The van der Waals surface area contributed by atoms with E-state index in [4.69, 9.17) is 0 Å². The average Bonchev–Trinajstić information content (AvgIpc) is 3.12. The van der Waals surface area contributed by atoms with E-state index in [2.05, 4.69) is 20.9 Å². The fourth-order valence-corrected chi connectivity index (χ4v) is 2.25. The highest BCUT2D eigenvalue weighted by Crippen LogP contribution is 2.18. The molecule has 1 atom stereocenters. The zero-order chi connectivity index (χ0) is 13.0. The van der Waals surface area contributed by atoms with E-state index in [0.717, 1.165) is 38.8 Å². The Morgan fingerprint density at radius 3 is 2.58 bits per heavy atom. The van der Waals surface area contributed by atoms with Crippen molar-refractivity contribution in [2.75, 3.05) is 26.7 Å². The van der Waals surface area contributed by atoms with Gasteiger partial charge in [-0.1, -0.05) is 0 Å². The van der Waals surface area contributed by atoms with E-state index in [1.807, 2.05) is 7.05 Å². The number of hydrogen-bond donors (Lipinski definition) is 3.